The van der Waals surface area contributed by atoms with Gasteiger partial charge in [-0.3, -0.25) is 14.9 Å². The molecule has 2 aliphatic heterocycles. The number of hydrogen-bond donors (Lipinski definition) is 1. The summed E-state index contributed by atoms with van der Waals surface area (Å²) < 4.78 is 13.2. The number of halogens is 1. The number of amides is 1. The number of non-ortho nitro benzene ring substituents is 1. The number of anilines is 2. The molecule has 0 spiro atoms. The van der Waals surface area contributed by atoms with Gasteiger partial charge in [0.15, 0.2) is 0 Å². The highest BCUT2D eigenvalue weighted by Gasteiger charge is 2.42. The van der Waals surface area contributed by atoms with E-state index in [4.69, 9.17) is 0 Å². The lowest BCUT2D eigenvalue weighted by Gasteiger charge is -2.49. The van der Waals surface area contributed by atoms with E-state index in [1.807, 2.05) is 24.3 Å². The van der Waals surface area contributed by atoms with Crippen molar-refractivity contribution in [1.82, 2.24) is 5.32 Å². The molecule has 1 N–H and O–H groups in total. The maximum absolute atomic E-state index is 13.4. The normalized spacial score (nSPS) is 19.2. The van der Waals surface area contributed by atoms with Gasteiger partial charge in [0, 0.05) is 49.7 Å². The third-order valence-electron chi connectivity index (χ3n) is 6.74. The van der Waals surface area contributed by atoms with Gasteiger partial charge in [-0.25, -0.2) is 4.39 Å². The third kappa shape index (κ3) is 4.31. The third-order valence-corrected chi connectivity index (χ3v) is 6.74. The molecule has 8 heteroatoms. The van der Waals surface area contributed by atoms with E-state index in [0.29, 0.717) is 26.1 Å². The molecule has 1 saturated heterocycles. The summed E-state index contributed by atoms with van der Waals surface area (Å²) in [7, 11) is 0. The Morgan fingerprint density at radius 2 is 1.82 bits per heavy atom. The van der Waals surface area contributed by atoms with Crippen molar-refractivity contribution in [2.45, 2.75) is 19.0 Å². The van der Waals surface area contributed by atoms with Crippen LogP contribution in [0.3, 0.4) is 0 Å². The molecule has 0 saturated carbocycles. The molecule has 0 aromatic heterocycles. The van der Waals surface area contributed by atoms with Crippen LogP contribution in [-0.2, 0) is 17.8 Å². The molecule has 7 nitrogen and oxygen atoms in total. The number of nitro groups is 1. The molecule has 1 amide bonds. The highest BCUT2D eigenvalue weighted by molar-refractivity contribution is 5.82. The minimum atomic E-state index is -0.399. The van der Waals surface area contributed by atoms with Gasteiger partial charge in [-0.2, -0.15) is 0 Å². The Hall–Kier alpha value is -3.94. The minimum Gasteiger partial charge on any atom is -0.368 e. The summed E-state index contributed by atoms with van der Waals surface area (Å²) in [6.07, 6.45) is 0.427. The standard InChI is InChI=1S/C26H25FN4O3/c27-20-8-6-18(7-9-20)16-28-26(32)23-15-19-14-22(31(33)34)10-11-24(19)30-13-12-29(17-25(23)30)21-4-2-1-3-5-21/h1-11,14,23,25H,12-13,15-17H2,(H,28,32)/t23-,25+/m1/s1. The second kappa shape index (κ2) is 9.13. The van der Waals surface area contributed by atoms with E-state index in [-0.39, 0.29) is 29.4 Å². The van der Waals surface area contributed by atoms with E-state index in [9.17, 15) is 19.3 Å². The fourth-order valence-electron chi connectivity index (χ4n) is 5.02. The number of nitro benzene ring substituents is 1. The van der Waals surface area contributed by atoms with Crippen molar-refractivity contribution < 1.29 is 14.1 Å². The van der Waals surface area contributed by atoms with Crippen LogP contribution in [0.25, 0.3) is 0 Å². The van der Waals surface area contributed by atoms with Gasteiger partial charge in [0.25, 0.3) is 5.69 Å². The fourth-order valence-corrected chi connectivity index (χ4v) is 5.02. The van der Waals surface area contributed by atoms with E-state index in [2.05, 4.69) is 27.2 Å². The van der Waals surface area contributed by atoms with Crippen LogP contribution in [0.2, 0.25) is 0 Å². The Balaban J connectivity index is 1.42. The SMILES string of the molecule is O=C(NCc1ccc(F)cc1)[C@@H]1Cc2cc([N+](=O)[O-])ccc2N2CCN(c3ccccc3)C[C@@H]12. The molecule has 3 aromatic carbocycles. The Kier molecular flexibility index (Phi) is 5.88. The molecular formula is C26H25FN4O3. The van der Waals surface area contributed by atoms with Crippen molar-refractivity contribution in [2.75, 3.05) is 29.4 Å². The summed E-state index contributed by atoms with van der Waals surface area (Å²) in [6, 6.07) is 21.0. The predicted molar refractivity (Wildman–Crippen MR) is 128 cm³/mol. The zero-order chi connectivity index (χ0) is 23.7. The molecular weight excluding hydrogens is 435 g/mol. The van der Waals surface area contributed by atoms with Gasteiger partial charge in [-0.1, -0.05) is 30.3 Å². The number of carbonyl (C=O) groups excluding carboxylic acids is 1. The Labute approximate surface area is 197 Å². The molecule has 0 aliphatic carbocycles. The molecule has 0 bridgehead atoms. The van der Waals surface area contributed by atoms with Gasteiger partial charge >= 0.3 is 0 Å². The summed E-state index contributed by atoms with van der Waals surface area (Å²) in [5.41, 5.74) is 3.74. The summed E-state index contributed by atoms with van der Waals surface area (Å²) in [6.45, 7) is 2.48. The van der Waals surface area contributed by atoms with E-state index in [1.165, 1.54) is 18.2 Å². The lowest BCUT2D eigenvalue weighted by molar-refractivity contribution is -0.384. The molecule has 2 aliphatic rings. The number of fused-ring (bicyclic) bond motifs is 3. The average Bonchev–Trinajstić information content (AvgIpc) is 2.87. The van der Waals surface area contributed by atoms with E-state index < -0.39 is 4.92 Å². The zero-order valence-electron chi connectivity index (χ0n) is 18.6. The first-order valence-electron chi connectivity index (χ1n) is 11.4. The van der Waals surface area contributed by atoms with Crippen molar-refractivity contribution in [2.24, 2.45) is 5.92 Å². The molecule has 2 atom stereocenters. The smallest absolute Gasteiger partial charge is 0.269 e. The first kappa shape index (κ1) is 21.9. The largest absolute Gasteiger partial charge is 0.368 e. The van der Waals surface area contributed by atoms with Crippen LogP contribution in [-0.4, -0.2) is 36.5 Å². The van der Waals surface area contributed by atoms with Gasteiger partial charge in [0.2, 0.25) is 5.91 Å². The molecule has 34 heavy (non-hydrogen) atoms. The number of para-hydroxylation sites is 1. The maximum Gasteiger partial charge on any atom is 0.269 e. The molecule has 2 heterocycles. The van der Waals surface area contributed by atoms with Gasteiger partial charge in [0.1, 0.15) is 5.82 Å². The molecule has 0 radical (unpaired) electrons. The average molecular weight is 461 g/mol. The fraction of sp³-hybridized carbons (Fsp3) is 0.269. The first-order chi connectivity index (χ1) is 16.5. The summed E-state index contributed by atoms with van der Waals surface area (Å²) in [5.74, 6) is -0.799. The van der Waals surface area contributed by atoms with Crippen LogP contribution in [0.15, 0.2) is 72.8 Å². The topological polar surface area (TPSA) is 78.7 Å². The van der Waals surface area contributed by atoms with Crippen LogP contribution in [0.4, 0.5) is 21.5 Å². The lowest BCUT2D eigenvalue weighted by Crippen LogP contribution is -2.61. The Morgan fingerprint density at radius 1 is 1.06 bits per heavy atom. The maximum atomic E-state index is 13.4. The van der Waals surface area contributed by atoms with Gasteiger partial charge in [0.05, 0.1) is 16.9 Å². The number of hydrogen-bond acceptors (Lipinski definition) is 5. The number of nitrogens with zero attached hydrogens (tertiary/aromatic N) is 3. The number of benzene rings is 3. The quantitative estimate of drug-likeness (QED) is 0.461. The number of carbonyl (C=O) groups is 1. The number of nitrogens with one attached hydrogen (secondary N) is 1. The van der Waals surface area contributed by atoms with Crippen LogP contribution in [0.5, 0.6) is 0 Å². The van der Waals surface area contributed by atoms with Crippen molar-refractivity contribution in [3.63, 3.8) is 0 Å². The van der Waals surface area contributed by atoms with Crippen molar-refractivity contribution in [3.8, 4) is 0 Å². The second-order valence-electron chi connectivity index (χ2n) is 8.77. The van der Waals surface area contributed by atoms with Crippen molar-refractivity contribution in [1.29, 1.82) is 0 Å². The van der Waals surface area contributed by atoms with E-state index in [0.717, 1.165) is 29.0 Å². The molecule has 1 fully saturated rings. The van der Waals surface area contributed by atoms with Gasteiger partial charge < -0.3 is 15.1 Å². The van der Waals surface area contributed by atoms with Crippen LogP contribution in [0, 0.1) is 21.8 Å². The highest BCUT2D eigenvalue weighted by atomic mass is 19.1. The highest BCUT2D eigenvalue weighted by Crippen LogP contribution is 2.38. The molecule has 0 unspecified atom stereocenters. The number of rotatable bonds is 5. The van der Waals surface area contributed by atoms with Gasteiger partial charge in [-0.15, -0.1) is 0 Å². The number of piperazine rings is 1. The predicted octanol–water partition coefficient (Wildman–Crippen LogP) is 3.92. The molecule has 174 valence electrons. The summed E-state index contributed by atoms with van der Waals surface area (Å²) >= 11 is 0. The van der Waals surface area contributed by atoms with E-state index in [1.54, 1.807) is 18.2 Å². The van der Waals surface area contributed by atoms with Crippen molar-refractivity contribution in [3.05, 3.63) is 99.9 Å². The Morgan fingerprint density at radius 3 is 2.56 bits per heavy atom. The molecule has 5 rings (SSSR count). The van der Waals surface area contributed by atoms with Gasteiger partial charge in [-0.05, 0) is 47.9 Å². The monoisotopic (exact) mass is 460 g/mol. The van der Waals surface area contributed by atoms with Crippen LogP contribution < -0.4 is 15.1 Å². The Bertz CT molecular complexity index is 1200. The molecule has 3 aromatic rings. The van der Waals surface area contributed by atoms with Crippen LogP contribution in [0.1, 0.15) is 11.1 Å². The summed E-state index contributed by atoms with van der Waals surface area (Å²) in [4.78, 5) is 28.9. The second-order valence-corrected chi connectivity index (χ2v) is 8.77. The van der Waals surface area contributed by atoms with Crippen molar-refractivity contribution >= 4 is 23.0 Å². The van der Waals surface area contributed by atoms with Crippen LogP contribution >= 0.6 is 0 Å². The summed E-state index contributed by atoms with van der Waals surface area (Å²) in [5, 5.41) is 14.4. The lowest BCUT2D eigenvalue weighted by atomic mass is 9.83. The zero-order valence-corrected chi connectivity index (χ0v) is 18.6. The first-order valence-corrected chi connectivity index (χ1v) is 11.4. The van der Waals surface area contributed by atoms with E-state index >= 15 is 0 Å². The minimum absolute atomic E-state index is 0.0330.